The van der Waals surface area contributed by atoms with E-state index in [1.165, 1.54) is 0 Å². The summed E-state index contributed by atoms with van der Waals surface area (Å²) in [5.41, 5.74) is 2.66. The summed E-state index contributed by atoms with van der Waals surface area (Å²) in [5.74, 6) is 1.03. The number of carbonyl (C=O) groups is 1. The molecule has 3 rings (SSSR count). The van der Waals surface area contributed by atoms with Gasteiger partial charge in [-0.25, -0.2) is 0 Å². The monoisotopic (exact) mass is 346 g/mol. The number of hydrogen-bond acceptors (Lipinski definition) is 4. The van der Waals surface area contributed by atoms with Crippen molar-refractivity contribution in [2.45, 2.75) is 6.54 Å². The smallest absolute Gasteiger partial charge is 0.262 e. The van der Waals surface area contributed by atoms with Crippen LogP contribution in [0.5, 0.6) is 11.5 Å². The number of nitrogens with zero attached hydrogens (tertiary/aromatic N) is 1. The highest BCUT2D eigenvalue weighted by Crippen LogP contribution is 2.30. The van der Waals surface area contributed by atoms with Crippen molar-refractivity contribution >= 4 is 12.0 Å². The molecule has 1 aliphatic rings. The molecule has 0 unspecified atom stereocenters. The Bertz CT molecular complexity index is 909. The predicted molar refractivity (Wildman–Crippen MR) is 98.5 cm³/mol. The number of benzene rings is 2. The van der Waals surface area contributed by atoms with Gasteiger partial charge in [-0.2, -0.15) is 5.26 Å². The van der Waals surface area contributed by atoms with E-state index in [-0.39, 0.29) is 12.2 Å². The molecule has 5 nitrogen and oxygen atoms in total. The molecule has 5 heteroatoms. The van der Waals surface area contributed by atoms with Crippen LogP contribution in [0.3, 0.4) is 0 Å². The van der Waals surface area contributed by atoms with Crippen LogP contribution in [0, 0.1) is 11.3 Å². The standard InChI is InChI=1S/C21H18N2O3/c1-25-19-8-7-17-9-16(14-26-20(17)11-19)10-18(12-22)21(24)23-13-15-5-3-2-4-6-15/h2-11H,13-14H2,1H3,(H,23,24)/b18-10+. The van der Waals surface area contributed by atoms with Gasteiger partial charge in [0.05, 0.1) is 7.11 Å². The van der Waals surface area contributed by atoms with Gasteiger partial charge in [0.2, 0.25) is 0 Å². The zero-order chi connectivity index (χ0) is 18.4. The molecule has 0 aromatic heterocycles. The number of carbonyl (C=O) groups excluding carboxylic acids is 1. The summed E-state index contributed by atoms with van der Waals surface area (Å²) < 4.78 is 10.9. The number of hydrogen-bond donors (Lipinski definition) is 1. The summed E-state index contributed by atoms with van der Waals surface area (Å²) >= 11 is 0. The Hall–Kier alpha value is -3.52. The third-order valence-electron chi connectivity index (χ3n) is 3.95. The molecular formula is C21H18N2O3. The van der Waals surface area contributed by atoms with Crippen LogP contribution in [-0.4, -0.2) is 19.6 Å². The number of fused-ring (bicyclic) bond motifs is 1. The number of methoxy groups -OCH3 is 1. The summed E-state index contributed by atoms with van der Waals surface area (Å²) in [7, 11) is 1.60. The van der Waals surface area contributed by atoms with E-state index in [1.54, 1.807) is 13.2 Å². The second kappa shape index (κ2) is 8.04. The number of amides is 1. The molecule has 0 aliphatic carbocycles. The SMILES string of the molecule is COc1ccc2c(c1)OCC(/C=C(\C#N)C(=O)NCc1ccccc1)=C2. The average Bonchev–Trinajstić information content (AvgIpc) is 2.70. The minimum Gasteiger partial charge on any atom is -0.497 e. The lowest BCUT2D eigenvalue weighted by molar-refractivity contribution is -0.117. The predicted octanol–water partition coefficient (Wildman–Crippen LogP) is 3.24. The molecule has 130 valence electrons. The molecule has 0 bridgehead atoms. The van der Waals surface area contributed by atoms with Crippen molar-refractivity contribution < 1.29 is 14.3 Å². The molecular weight excluding hydrogens is 328 g/mol. The zero-order valence-corrected chi connectivity index (χ0v) is 14.4. The van der Waals surface area contributed by atoms with Crippen molar-refractivity contribution in [3.63, 3.8) is 0 Å². The van der Waals surface area contributed by atoms with Gasteiger partial charge in [-0.15, -0.1) is 0 Å². The first-order valence-electron chi connectivity index (χ1n) is 8.15. The number of rotatable bonds is 5. The minimum absolute atomic E-state index is 0.0488. The molecule has 1 amide bonds. The fraction of sp³-hybridized carbons (Fsp3) is 0.143. The van der Waals surface area contributed by atoms with Gasteiger partial charge in [-0.05, 0) is 35.4 Å². The van der Waals surface area contributed by atoms with Crippen molar-refractivity contribution in [2.24, 2.45) is 0 Å². The number of nitrogens with one attached hydrogen (secondary N) is 1. The van der Waals surface area contributed by atoms with E-state index < -0.39 is 5.91 Å². The van der Waals surface area contributed by atoms with Crippen molar-refractivity contribution in [1.82, 2.24) is 5.32 Å². The van der Waals surface area contributed by atoms with Gasteiger partial charge in [-0.3, -0.25) is 4.79 Å². The third kappa shape index (κ3) is 4.11. The maximum Gasteiger partial charge on any atom is 0.262 e. The maximum absolute atomic E-state index is 12.3. The van der Waals surface area contributed by atoms with E-state index >= 15 is 0 Å². The highest BCUT2D eigenvalue weighted by Gasteiger charge is 2.14. The van der Waals surface area contributed by atoms with Crippen LogP contribution in [0.25, 0.3) is 6.08 Å². The van der Waals surface area contributed by atoms with E-state index in [0.29, 0.717) is 18.0 Å². The normalized spacial score (nSPS) is 12.9. The number of nitriles is 1. The van der Waals surface area contributed by atoms with Crippen molar-refractivity contribution in [3.8, 4) is 17.6 Å². The van der Waals surface area contributed by atoms with Crippen LogP contribution in [-0.2, 0) is 11.3 Å². The fourth-order valence-corrected chi connectivity index (χ4v) is 2.58. The van der Waals surface area contributed by atoms with Crippen molar-refractivity contribution in [1.29, 1.82) is 5.26 Å². The van der Waals surface area contributed by atoms with Crippen molar-refractivity contribution in [2.75, 3.05) is 13.7 Å². The molecule has 0 fully saturated rings. The second-order valence-electron chi connectivity index (χ2n) is 5.75. The molecule has 0 saturated carbocycles. The second-order valence-corrected chi connectivity index (χ2v) is 5.75. The van der Waals surface area contributed by atoms with Gasteiger partial charge >= 0.3 is 0 Å². The molecule has 0 radical (unpaired) electrons. The first kappa shape index (κ1) is 17.3. The van der Waals surface area contributed by atoms with Gasteiger partial charge in [0.1, 0.15) is 29.7 Å². The molecule has 26 heavy (non-hydrogen) atoms. The molecule has 1 heterocycles. The van der Waals surface area contributed by atoms with Gasteiger partial charge in [0.25, 0.3) is 5.91 Å². The minimum atomic E-state index is -0.405. The Kier molecular flexibility index (Phi) is 5.35. The average molecular weight is 346 g/mol. The van der Waals surface area contributed by atoms with E-state index in [1.807, 2.05) is 60.7 Å². The highest BCUT2D eigenvalue weighted by atomic mass is 16.5. The third-order valence-corrected chi connectivity index (χ3v) is 3.95. The molecule has 0 saturated heterocycles. The van der Waals surface area contributed by atoms with Crippen LogP contribution in [0.15, 0.2) is 65.8 Å². The maximum atomic E-state index is 12.3. The first-order valence-corrected chi connectivity index (χ1v) is 8.15. The van der Waals surface area contributed by atoms with Crippen LogP contribution >= 0.6 is 0 Å². The summed E-state index contributed by atoms with van der Waals surface area (Å²) in [4.78, 5) is 12.3. The lowest BCUT2D eigenvalue weighted by Crippen LogP contribution is -2.24. The zero-order valence-electron chi connectivity index (χ0n) is 14.4. The van der Waals surface area contributed by atoms with Gasteiger partial charge < -0.3 is 14.8 Å². The Morgan fingerprint density at radius 1 is 1.31 bits per heavy atom. The largest absolute Gasteiger partial charge is 0.497 e. The molecule has 1 N–H and O–H groups in total. The molecule has 0 spiro atoms. The van der Waals surface area contributed by atoms with E-state index in [9.17, 15) is 10.1 Å². The van der Waals surface area contributed by atoms with Crippen LogP contribution in [0.2, 0.25) is 0 Å². The van der Waals surface area contributed by atoms with Crippen LogP contribution < -0.4 is 14.8 Å². The van der Waals surface area contributed by atoms with Gasteiger partial charge in [0.15, 0.2) is 0 Å². The van der Waals surface area contributed by atoms with E-state index in [4.69, 9.17) is 9.47 Å². The van der Waals surface area contributed by atoms with Crippen molar-refractivity contribution in [3.05, 3.63) is 76.9 Å². The Balaban J connectivity index is 1.73. The topological polar surface area (TPSA) is 71.3 Å². The fourth-order valence-electron chi connectivity index (χ4n) is 2.58. The lowest BCUT2D eigenvalue weighted by Gasteiger charge is -2.17. The quantitative estimate of drug-likeness (QED) is 0.666. The summed E-state index contributed by atoms with van der Waals surface area (Å²) in [6.07, 6.45) is 3.47. The lowest BCUT2D eigenvalue weighted by atomic mass is 10.0. The summed E-state index contributed by atoms with van der Waals surface area (Å²) in [6.45, 7) is 0.661. The summed E-state index contributed by atoms with van der Waals surface area (Å²) in [6, 6.07) is 17.0. The highest BCUT2D eigenvalue weighted by molar-refractivity contribution is 5.98. The van der Waals surface area contributed by atoms with Gasteiger partial charge in [-0.1, -0.05) is 30.3 Å². The Labute approximate surface area is 152 Å². The number of ether oxygens (including phenoxy) is 2. The molecule has 0 atom stereocenters. The van der Waals surface area contributed by atoms with Crippen LogP contribution in [0.4, 0.5) is 0 Å². The molecule has 2 aromatic rings. The summed E-state index contributed by atoms with van der Waals surface area (Å²) in [5, 5.41) is 12.1. The molecule has 1 aliphatic heterocycles. The van der Waals surface area contributed by atoms with Crippen LogP contribution in [0.1, 0.15) is 11.1 Å². The van der Waals surface area contributed by atoms with E-state index in [2.05, 4.69) is 5.32 Å². The van der Waals surface area contributed by atoms with Gasteiger partial charge in [0, 0.05) is 18.2 Å². The Morgan fingerprint density at radius 2 is 2.12 bits per heavy atom. The molecule has 2 aromatic carbocycles. The first-order chi connectivity index (χ1) is 12.7. The Morgan fingerprint density at radius 3 is 2.85 bits per heavy atom. The van der Waals surface area contributed by atoms with E-state index in [0.717, 1.165) is 16.7 Å².